The summed E-state index contributed by atoms with van der Waals surface area (Å²) >= 11 is 0. The van der Waals surface area contributed by atoms with Crippen molar-refractivity contribution < 1.29 is 114 Å². The Morgan fingerprint density at radius 3 is 0.600 bits per heavy atom. The first kappa shape index (κ1) is 34.1. The summed E-state index contributed by atoms with van der Waals surface area (Å²) in [6.07, 6.45) is 0. The Labute approximate surface area is 146 Å². The largest absolute Gasteiger partial charge is 2.00 e. The molecule has 0 aromatic heterocycles. The maximum Gasteiger partial charge on any atom is 2.00 e. The van der Waals surface area contributed by atoms with Gasteiger partial charge >= 0.3 is 141 Å². The van der Waals surface area contributed by atoms with Gasteiger partial charge in [0.05, 0.1) is 0 Å². The third-order valence-corrected chi connectivity index (χ3v) is 0. The van der Waals surface area contributed by atoms with Crippen molar-refractivity contribution in [1.82, 2.24) is 0 Å². The Balaban J connectivity index is 0. The molecule has 0 N–H and O–H groups in total. The van der Waals surface area contributed by atoms with Gasteiger partial charge in [-0.15, -0.1) is 0 Å². The number of hydrogen-bond donors (Lipinski definition) is 0. The maximum atomic E-state index is 0. The summed E-state index contributed by atoms with van der Waals surface area (Å²) in [6, 6.07) is 0. The van der Waals surface area contributed by atoms with E-state index in [0.717, 1.165) is 0 Å². The van der Waals surface area contributed by atoms with E-state index in [2.05, 4.69) is 0 Å². The van der Waals surface area contributed by atoms with Crippen molar-refractivity contribution in [2.75, 3.05) is 0 Å². The second-order valence-electron chi connectivity index (χ2n) is 0. The van der Waals surface area contributed by atoms with E-state index in [1.54, 1.807) is 0 Å². The van der Waals surface area contributed by atoms with Gasteiger partial charge in [0.2, 0.25) is 0 Å². The molecule has 16 valence electrons. The topological polar surface area (TPSA) is 57.0 Å². The van der Waals surface area contributed by atoms with E-state index >= 15 is 0 Å². The molecule has 0 atom stereocenters. The molecule has 0 aliphatic carbocycles. The zero-order chi connectivity index (χ0) is 0. The van der Waals surface area contributed by atoms with E-state index in [4.69, 9.17) is 0 Å². The maximum absolute atomic E-state index is 0. The van der Waals surface area contributed by atoms with Gasteiger partial charge < -0.3 is 11.0 Å². The minimum absolute atomic E-state index is 0. The molecule has 2 nitrogen and oxygen atoms in total. The summed E-state index contributed by atoms with van der Waals surface area (Å²) in [6.45, 7) is 0. The molecule has 0 heterocycles. The average molecular weight is 150 g/mol. The molecule has 0 aliphatic rings. The molecule has 0 saturated heterocycles. The van der Waals surface area contributed by atoms with Crippen molar-refractivity contribution in [3.8, 4) is 0 Å². The first-order valence-corrected chi connectivity index (χ1v) is 0. The summed E-state index contributed by atoms with van der Waals surface area (Å²) < 4.78 is 0. The second kappa shape index (κ2) is 23.7. The molecule has 0 saturated carbocycles. The van der Waals surface area contributed by atoms with Crippen molar-refractivity contribution in [3.63, 3.8) is 0 Å². The minimum Gasteiger partial charge on any atom is -2.00 e. The van der Waals surface area contributed by atoms with Gasteiger partial charge in [0.1, 0.15) is 0 Å². The number of rotatable bonds is 0. The van der Waals surface area contributed by atoms with Crippen LogP contribution in [0.2, 0.25) is 0 Å². The van der Waals surface area contributed by atoms with Crippen LogP contribution in [-0.2, 0) is 11.0 Å². The Kier molecular flexibility index (Phi) is 161. The molecule has 0 aromatic carbocycles. The van der Waals surface area contributed by atoms with E-state index in [9.17, 15) is 0 Å². The summed E-state index contributed by atoms with van der Waals surface area (Å²) in [4.78, 5) is 0. The average Bonchev–Trinajstić information content (AvgIpc) is 0. The van der Waals surface area contributed by atoms with Crippen LogP contribution in [0.3, 0.4) is 0 Å². The zero-order valence-electron chi connectivity index (χ0n) is 3.52. The van der Waals surface area contributed by atoms with Gasteiger partial charge in [0.15, 0.2) is 0 Å². The van der Waals surface area contributed by atoms with Crippen LogP contribution in [0, 0.1) is 0 Å². The minimum atomic E-state index is 0. The smallest absolute Gasteiger partial charge is 2.00 e. The van der Waals surface area contributed by atoms with Crippen LogP contribution in [0.25, 0.3) is 0 Å². The van der Waals surface area contributed by atoms with Crippen LogP contribution >= 0.6 is 0 Å². The molecule has 0 fully saturated rings. The van der Waals surface area contributed by atoms with Gasteiger partial charge in [-0.2, -0.15) is 0 Å². The fourth-order valence-corrected chi connectivity index (χ4v) is 0. The van der Waals surface area contributed by atoms with E-state index in [1.807, 2.05) is 0 Å². The first-order chi connectivity index (χ1) is 0. The van der Waals surface area contributed by atoms with Crippen molar-refractivity contribution in [1.29, 1.82) is 0 Å². The first-order valence-electron chi connectivity index (χ1n) is 0. The van der Waals surface area contributed by atoms with Gasteiger partial charge in [0.25, 0.3) is 0 Å². The van der Waals surface area contributed by atoms with Crippen molar-refractivity contribution in [3.05, 3.63) is 0 Å². The van der Waals surface area contributed by atoms with Crippen LogP contribution < -0.4 is 103 Å². The third-order valence-electron chi connectivity index (χ3n) is 0. The second-order valence-corrected chi connectivity index (χ2v) is 0. The Bertz CT molecular complexity index is 7.61. The molecule has 0 unspecified atom stereocenters. The molecule has 5 heavy (non-hydrogen) atoms. The van der Waals surface area contributed by atoms with Gasteiger partial charge in [0, 0.05) is 0 Å². The monoisotopic (exact) mass is 150 g/mol. The quantitative estimate of drug-likeness (QED) is 0.308. The fraction of sp³-hybridized carbons (Fsp3) is 0. The Morgan fingerprint density at radius 2 is 0.600 bits per heavy atom. The van der Waals surface area contributed by atoms with Crippen LogP contribution in [0.15, 0.2) is 0 Å². The third kappa shape index (κ3) is 17.8. The van der Waals surface area contributed by atoms with E-state index in [1.165, 1.54) is 0 Å². The Hall–Kier alpha value is 4.45. The normalized spacial score (nSPS) is 0. The van der Waals surface area contributed by atoms with E-state index < -0.39 is 0 Å². The number of hydrogen-bond acceptors (Lipinski definition) is 0. The van der Waals surface area contributed by atoms with Crippen molar-refractivity contribution in [2.45, 2.75) is 0 Å². The molecular weight excluding hydrogens is 150 g/mol. The molecule has 0 aromatic rings. The van der Waals surface area contributed by atoms with E-state index in [0.29, 0.717) is 0 Å². The van der Waals surface area contributed by atoms with E-state index in [-0.39, 0.29) is 151 Å². The summed E-state index contributed by atoms with van der Waals surface area (Å²) in [5.74, 6) is 0. The molecule has 0 rings (SSSR count). The molecular formula is CaK2O2. The predicted octanol–water partition coefficient (Wildman–Crippen LogP) is -6.61. The SMILES string of the molecule is [Ca+2].[K+].[K+].[O-2].[O-2]. The van der Waals surface area contributed by atoms with Gasteiger partial charge in [-0.25, -0.2) is 0 Å². The molecule has 0 bridgehead atoms. The fourth-order valence-electron chi connectivity index (χ4n) is 0. The van der Waals surface area contributed by atoms with Gasteiger partial charge in [-0.05, 0) is 0 Å². The van der Waals surface area contributed by atoms with Crippen LogP contribution in [0.4, 0.5) is 0 Å². The molecule has 5 heteroatoms. The summed E-state index contributed by atoms with van der Waals surface area (Å²) in [7, 11) is 0. The summed E-state index contributed by atoms with van der Waals surface area (Å²) in [5, 5.41) is 0. The Morgan fingerprint density at radius 1 is 0.600 bits per heavy atom. The molecule has 0 amide bonds. The van der Waals surface area contributed by atoms with Gasteiger partial charge in [-0.3, -0.25) is 0 Å². The molecule has 0 spiro atoms. The zero-order valence-corrected chi connectivity index (χ0v) is 12.0. The van der Waals surface area contributed by atoms with Crippen LogP contribution in [0.1, 0.15) is 0 Å². The van der Waals surface area contributed by atoms with Crippen LogP contribution in [-0.4, -0.2) is 37.7 Å². The van der Waals surface area contributed by atoms with Crippen molar-refractivity contribution in [2.24, 2.45) is 0 Å². The summed E-state index contributed by atoms with van der Waals surface area (Å²) in [5.41, 5.74) is 0. The van der Waals surface area contributed by atoms with Crippen molar-refractivity contribution >= 4 is 37.7 Å². The predicted molar refractivity (Wildman–Crippen MR) is 7.13 cm³/mol. The van der Waals surface area contributed by atoms with Crippen LogP contribution in [0.5, 0.6) is 0 Å². The van der Waals surface area contributed by atoms with Gasteiger partial charge in [-0.1, -0.05) is 0 Å². The molecule has 0 aliphatic heterocycles. The molecule has 0 radical (unpaired) electrons. The standard InChI is InChI=1S/Ca.2K.2O/q+2;2*+1;2*-2.